The molecular formula is C15H22N3O4P. The van der Waals surface area contributed by atoms with Crippen molar-refractivity contribution in [3.63, 3.8) is 0 Å². The average Bonchev–Trinajstić information content (AvgIpc) is 2.84. The monoisotopic (exact) mass is 339 g/mol. The summed E-state index contributed by atoms with van der Waals surface area (Å²) in [4.78, 5) is 20.7. The van der Waals surface area contributed by atoms with Crippen molar-refractivity contribution in [2.75, 3.05) is 20.4 Å². The molecule has 2 heterocycles. The normalized spacial score (nSPS) is 12.8. The summed E-state index contributed by atoms with van der Waals surface area (Å²) in [6.07, 6.45) is 1.22. The summed E-state index contributed by atoms with van der Waals surface area (Å²) in [6, 6.07) is 2.01. The number of fused-ring (bicyclic) bond motifs is 1. The predicted octanol–water partition coefficient (Wildman–Crippen LogP) is 2.93. The highest BCUT2D eigenvalue weighted by atomic mass is 31.2. The van der Waals surface area contributed by atoms with Crippen molar-refractivity contribution < 1.29 is 18.4 Å². The number of carbonyl (C=O) groups is 1. The van der Waals surface area contributed by atoms with Crippen molar-refractivity contribution in [2.45, 2.75) is 26.2 Å². The van der Waals surface area contributed by atoms with Gasteiger partial charge in [0, 0.05) is 44.0 Å². The van der Waals surface area contributed by atoms with Crippen molar-refractivity contribution in [1.29, 1.82) is 0 Å². The van der Waals surface area contributed by atoms with Crippen LogP contribution in [0.1, 0.15) is 37.1 Å². The Morgan fingerprint density at radius 2 is 1.91 bits per heavy atom. The van der Waals surface area contributed by atoms with Crippen LogP contribution in [0.3, 0.4) is 0 Å². The molecule has 2 aromatic rings. The summed E-state index contributed by atoms with van der Waals surface area (Å²) in [6.45, 7) is 6.32. The lowest BCUT2D eigenvalue weighted by Crippen LogP contribution is -2.16. The van der Waals surface area contributed by atoms with E-state index < -0.39 is 13.4 Å². The van der Waals surface area contributed by atoms with E-state index in [4.69, 9.17) is 9.05 Å². The van der Waals surface area contributed by atoms with E-state index in [2.05, 4.69) is 30.7 Å². The number of nitrogens with zero attached hydrogens (tertiary/aromatic N) is 3. The molecule has 0 N–H and O–H groups in total. The molecule has 0 aliphatic heterocycles. The number of carbonyl (C=O) groups excluding carboxylic acids is 1. The molecule has 0 amide bonds. The number of hydrogen-bond donors (Lipinski definition) is 0. The van der Waals surface area contributed by atoms with Crippen molar-refractivity contribution in [1.82, 2.24) is 14.5 Å². The van der Waals surface area contributed by atoms with Crippen LogP contribution in [0.15, 0.2) is 12.3 Å². The number of aryl methyl sites for hydroxylation is 1. The molecule has 0 unspecified atom stereocenters. The Labute approximate surface area is 135 Å². The Bertz CT molecular complexity index is 784. The summed E-state index contributed by atoms with van der Waals surface area (Å²) in [5.41, 5.74) is 1.70. The number of rotatable bonds is 5. The van der Waals surface area contributed by atoms with Gasteiger partial charge in [-0.25, -0.2) is 9.97 Å². The van der Waals surface area contributed by atoms with Gasteiger partial charge in [0.05, 0.1) is 0 Å². The Morgan fingerprint density at radius 1 is 1.30 bits per heavy atom. The van der Waals surface area contributed by atoms with Crippen LogP contribution in [-0.2, 0) is 26.1 Å². The van der Waals surface area contributed by atoms with Crippen LogP contribution >= 0.6 is 7.60 Å². The van der Waals surface area contributed by atoms with Crippen LogP contribution in [0.25, 0.3) is 11.0 Å². The van der Waals surface area contributed by atoms with Crippen LogP contribution < -0.4 is 0 Å². The molecule has 8 heteroatoms. The molecule has 7 nitrogen and oxygen atoms in total. The van der Waals surface area contributed by atoms with Gasteiger partial charge >= 0.3 is 7.60 Å². The van der Waals surface area contributed by atoms with Crippen LogP contribution in [-0.4, -0.2) is 40.7 Å². The minimum Gasteiger partial charge on any atom is -0.332 e. The van der Waals surface area contributed by atoms with Crippen molar-refractivity contribution in [3.05, 3.63) is 23.8 Å². The quantitative estimate of drug-likeness (QED) is 0.615. The zero-order valence-corrected chi connectivity index (χ0v) is 15.2. The first kappa shape index (κ1) is 17.8. The Kier molecular flexibility index (Phi) is 4.76. The maximum Gasteiger partial charge on any atom is 0.338 e. The largest absolute Gasteiger partial charge is 0.338 e. The molecule has 0 aliphatic carbocycles. The fourth-order valence-corrected chi connectivity index (χ4v) is 3.32. The van der Waals surface area contributed by atoms with Gasteiger partial charge in [0.25, 0.3) is 0 Å². The molecule has 23 heavy (non-hydrogen) atoms. The van der Waals surface area contributed by atoms with Gasteiger partial charge in [-0.15, -0.1) is 0 Å². The predicted molar refractivity (Wildman–Crippen MR) is 88.0 cm³/mol. The molecule has 2 aromatic heterocycles. The Hall–Kier alpha value is -1.56. The number of aromatic nitrogens is 3. The lowest BCUT2D eigenvalue weighted by molar-refractivity contribution is 0.0998. The number of Topliss-reactive ketones (excluding diaryl/α,β-unsaturated/α-hetero) is 1. The van der Waals surface area contributed by atoms with Gasteiger partial charge in [0.1, 0.15) is 11.8 Å². The molecule has 0 saturated carbocycles. The van der Waals surface area contributed by atoms with Crippen LogP contribution in [0.5, 0.6) is 0 Å². The second kappa shape index (κ2) is 6.15. The van der Waals surface area contributed by atoms with Gasteiger partial charge in [-0.1, -0.05) is 20.8 Å². The molecule has 0 bridgehead atoms. The molecule has 126 valence electrons. The molecule has 0 aliphatic rings. The van der Waals surface area contributed by atoms with Gasteiger partial charge in [-0.3, -0.25) is 9.36 Å². The first-order chi connectivity index (χ1) is 10.6. The summed E-state index contributed by atoms with van der Waals surface area (Å²) in [5.74, 6) is -0.467. The SMILES string of the molecule is COP(=O)(CC(=O)c1ncc2cc(C(C)(C)C)n(C)c2n1)OC. The van der Waals surface area contributed by atoms with Gasteiger partial charge in [0.15, 0.2) is 5.82 Å². The third-order valence-electron chi connectivity index (χ3n) is 3.68. The zero-order chi connectivity index (χ0) is 17.4. The van der Waals surface area contributed by atoms with Crippen LogP contribution in [0.4, 0.5) is 0 Å². The average molecular weight is 339 g/mol. The van der Waals surface area contributed by atoms with E-state index in [1.165, 1.54) is 14.2 Å². The van der Waals surface area contributed by atoms with Crippen LogP contribution in [0.2, 0.25) is 0 Å². The summed E-state index contributed by atoms with van der Waals surface area (Å²) >= 11 is 0. The maximum atomic E-state index is 12.3. The molecule has 2 rings (SSSR count). The molecule has 0 spiro atoms. The summed E-state index contributed by atoms with van der Waals surface area (Å²) in [7, 11) is 0.958. The number of ketones is 1. The minimum absolute atomic E-state index is 0.00786. The fourth-order valence-electron chi connectivity index (χ4n) is 2.42. The van der Waals surface area contributed by atoms with Gasteiger partial charge in [0.2, 0.25) is 5.78 Å². The van der Waals surface area contributed by atoms with Crippen LogP contribution in [0, 0.1) is 0 Å². The molecule has 0 aromatic carbocycles. The Morgan fingerprint density at radius 3 is 2.43 bits per heavy atom. The second-order valence-corrected chi connectivity index (χ2v) is 8.64. The van der Waals surface area contributed by atoms with E-state index in [1.807, 2.05) is 17.7 Å². The van der Waals surface area contributed by atoms with Crippen molar-refractivity contribution in [3.8, 4) is 0 Å². The van der Waals surface area contributed by atoms with Crippen molar-refractivity contribution in [2.24, 2.45) is 7.05 Å². The summed E-state index contributed by atoms with van der Waals surface area (Å²) in [5, 5.41) is 0.857. The molecule has 0 saturated heterocycles. The highest BCUT2D eigenvalue weighted by Crippen LogP contribution is 2.46. The molecular weight excluding hydrogens is 317 g/mol. The van der Waals surface area contributed by atoms with Crippen molar-refractivity contribution >= 4 is 24.4 Å². The maximum absolute atomic E-state index is 12.3. The van der Waals surface area contributed by atoms with E-state index in [-0.39, 0.29) is 17.4 Å². The van der Waals surface area contributed by atoms with E-state index in [0.717, 1.165) is 11.1 Å². The minimum atomic E-state index is -3.43. The first-order valence-corrected chi connectivity index (χ1v) is 8.91. The van der Waals surface area contributed by atoms with E-state index in [0.29, 0.717) is 5.65 Å². The lowest BCUT2D eigenvalue weighted by Gasteiger charge is -2.19. The van der Waals surface area contributed by atoms with E-state index in [9.17, 15) is 9.36 Å². The first-order valence-electron chi connectivity index (χ1n) is 7.18. The second-order valence-electron chi connectivity index (χ2n) is 6.37. The molecule has 0 fully saturated rings. The van der Waals surface area contributed by atoms with Gasteiger partial charge in [-0.2, -0.15) is 0 Å². The third-order valence-corrected chi connectivity index (χ3v) is 5.47. The zero-order valence-electron chi connectivity index (χ0n) is 14.3. The van der Waals surface area contributed by atoms with E-state index in [1.54, 1.807) is 6.20 Å². The topological polar surface area (TPSA) is 83.3 Å². The molecule has 0 radical (unpaired) electrons. The molecule has 0 atom stereocenters. The van der Waals surface area contributed by atoms with Gasteiger partial charge < -0.3 is 13.6 Å². The summed E-state index contributed by atoms with van der Waals surface area (Å²) < 4.78 is 23.6. The highest BCUT2D eigenvalue weighted by molar-refractivity contribution is 7.54. The fraction of sp³-hybridized carbons (Fsp3) is 0.533. The number of hydrogen-bond acceptors (Lipinski definition) is 6. The lowest BCUT2D eigenvalue weighted by atomic mass is 9.92. The smallest absolute Gasteiger partial charge is 0.332 e. The third kappa shape index (κ3) is 3.52. The van der Waals surface area contributed by atoms with E-state index >= 15 is 0 Å². The van der Waals surface area contributed by atoms with Gasteiger partial charge in [-0.05, 0) is 6.07 Å². The standard InChI is InChI=1S/C15H22N3O4P/c1-15(2,3)12-7-10-8-16-13(17-14(10)18(12)4)11(19)9-23(20,21-5)22-6/h7-8H,9H2,1-6H3. The Balaban J connectivity index is 2.43. The highest BCUT2D eigenvalue weighted by Gasteiger charge is 2.28.